The molecule has 2 aromatic heterocycles. The van der Waals surface area contributed by atoms with Crippen molar-refractivity contribution in [1.29, 1.82) is 0 Å². The molecule has 7 heteroatoms. The van der Waals surface area contributed by atoms with E-state index >= 15 is 0 Å². The largest absolute Gasteiger partial charge is 0.497 e. The van der Waals surface area contributed by atoms with Crippen LogP contribution in [0.25, 0.3) is 22.6 Å². The van der Waals surface area contributed by atoms with Crippen LogP contribution in [0.5, 0.6) is 5.75 Å². The van der Waals surface area contributed by atoms with Crippen molar-refractivity contribution in [3.63, 3.8) is 0 Å². The van der Waals surface area contributed by atoms with E-state index in [2.05, 4.69) is 21.6 Å². The lowest BCUT2D eigenvalue weighted by Crippen LogP contribution is -2.15. The van der Waals surface area contributed by atoms with Crippen molar-refractivity contribution in [1.82, 2.24) is 15.2 Å². The van der Waals surface area contributed by atoms with E-state index in [1.54, 1.807) is 7.11 Å². The van der Waals surface area contributed by atoms with Crippen LogP contribution in [0, 0.1) is 6.92 Å². The first kappa shape index (κ1) is 19.4. The van der Waals surface area contributed by atoms with Gasteiger partial charge in [0.25, 0.3) is 5.91 Å². The third-order valence-electron chi connectivity index (χ3n) is 5.37. The summed E-state index contributed by atoms with van der Waals surface area (Å²) in [6.45, 7) is 1.86. The molecule has 6 nitrogen and oxygen atoms in total. The highest BCUT2D eigenvalue weighted by molar-refractivity contribution is 7.15. The number of amides is 1. The van der Waals surface area contributed by atoms with Gasteiger partial charge in [0.1, 0.15) is 10.8 Å². The second-order valence-corrected chi connectivity index (χ2v) is 8.54. The summed E-state index contributed by atoms with van der Waals surface area (Å²) in [5.41, 5.74) is 5.57. The molecule has 0 saturated carbocycles. The molecule has 0 atom stereocenters. The van der Waals surface area contributed by atoms with Gasteiger partial charge in [-0.25, -0.2) is 4.98 Å². The Balaban J connectivity index is 1.60. The Bertz CT molecular complexity index is 1330. The van der Waals surface area contributed by atoms with E-state index in [9.17, 15) is 4.79 Å². The minimum absolute atomic E-state index is 0.170. The maximum absolute atomic E-state index is 13.3. The van der Waals surface area contributed by atoms with Crippen molar-refractivity contribution in [3.8, 4) is 5.75 Å². The molecule has 0 unspecified atom stereocenters. The number of carbonyl (C=O) groups excluding carboxylic acids is 1. The van der Waals surface area contributed by atoms with Crippen LogP contribution in [0.1, 0.15) is 38.6 Å². The summed E-state index contributed by atoms with van der Waals surface area (Å²) < 4.78 is 5.25. The average molecular weight is 429 g/mol. The van der Waals surface area contributed by atoms with Crippen LogP contribution in [0.15, 0.2) is 48.5 Å². The number of fused-ring (bicyclic) bond motifs is 2. The predicted molar refractivity (Wildman–Crippen MR) is 124 cm³/mol. The van der Waals surface area contributed by atoms with Crippen LogP contribution in [-0.2, 0) is 6.42 Å². The van der Waals surface area contributed by atoms with Gasteiger partial charge in [-0.3, -0.25) is 10.1 Å². The van der Waals surface area contributed by atoms with Gasteiger partial charge in [0, 0.05) is 5.39 Å². The number of rotatable bonds is 4. The summed E-state index contributed by atoms with van der Waals surface area (Å²) >= 11 is 1.36. The van der Waals surface area contributed by atoms with Crippen LogP contribution >= 0.6 is 11.3 Å². The quantitative estimate of drug-likeness (QED) is 0.487. The van der Waals surface area contributed by atoms with E-state index in [1.807, 2.05) is 55.5 Å². The van der Waals surface area contributed by atoms with E-state index < -0.39 is 0 Å². The first-order chi connectivity index (χ1) is 15.1. The van der Waals surface area contributed by atoms with E-state index in [0.717, 1.165) is 56.9 Å². The number of nitrogens with one attached hydrogen (secondary N) is 1. The summed E-state index contributed by atoms with van der Waals surface area (Å²) in [5, 5.41) is 13.1. The van der Waals surface area contributed by atoms with Gasteiger partial charge in [0.05, 0.1) is 23.9 Å². The number of anilines is 1. The second-order valence-electron chi connectivity index (χ2n) is 7.35. The molecular weight excluding hydrogens is 408 g/mol. The number of methoxy groups -OCH3 is 1. The molecule has 1 amide bonds. The van der Waals surface area contributed by atoms with Crippen molar-refractivity contribution >= 4 is 44.9 Å². The lowest BCUT2D eigenvalue weighted by Gasteiger charge is -2.12. The number of ether oxygens (including phenoxy) is 1. The molecule has 4 aromatic rings. The summed E-state index contributed by atoms with van der Waals surface area (Å²) in [7, 11) is 1.66. The van der Waals surface area contributed by atoms with Gasteiger partial charge in [-0.15, -0.1) is 10.2 Å². The summed E-state index contributed by atoms with van der Waals surface area (Å²) in [6, 6.07) is 15.7. The fourth-order valence-corrected chi connectivity index (χ4v) is 4.53. The Hall–Kier alpha value is -3.58. The zero-order valence-electron chi connectivity index (χ0n) is 17.2. The third kappa shape index (κ3) is 3.68. The SMILES string of the molecule is COc1ccc(C=C2CCc3c2nc2ccccc2c3C(=O)Nc2nnc(C)s2)cc1. The lowest BCUT2D eigenvalue weighted by molar-refractivity contribution is 0.102. The van der Waals surface area contributed by atoms with Gasteiger partial charge in [-0.2, -0.15) is 0 Å². The summed E-state index contributed by atoms with van der Waals surface area (Å²) in [5.74, 6) is 0.653. The second kappa shape index (κ2) is 7.92. The fourth-order valence-electron chi connectivity index (χ4n) is 3.95. The van der Waals surface area contributed by atoms with E-state index in [1.165, 1.54) is 11.3 Å². The number of allylic oxidation sites excluding steroid dienone is 1. The van der Waals surface area contributed by atoms with E-state index in [4.69, 9.17) is 9.72 Å². The standard InChI is InChI=1S/C24H20N4O2S/c1-14-27-28-24(31-14)26-23(29)21-18-5-3-4-6-20(18)25-22-16(9-12-19(21)22)13-15-7-10-17(30-2)11-8-15/h3-8,10-11,13H,9,12H2,1-2H3,(H,26,28,29). The van der Waals surface area contributed by atoms with Crippen LogP contribution in [0.2, 0.25) is 0 Å². The minimum atomic E-state index is -0.170. The highest BCUT2D eigenvalue weighted by Gasteiger charge is 2.27. The molecule has 154 valence electrons. The Morgan fingerprint density at radius 3 is 2.65 bits per heavy atom. The molecule has 1 aliphatic carbocycles. The van der Waals surface area contributed by atoms with Gasteiger partial charge in [0.2, 0.25) is 5.13 Å². The molecule has 0 saturated heterocycles. The van der Waals surface area contributed by atoms with Gasteiger partial charge >= 0.3 is 0 Å². The van der Waals surface area contributed by atoms with Crippen LogP contribution in [0.4, 0.5) is 5.13 Å². The molecular formula is C24H20N4O2S. The number of hydrogen-bond acceptors (Lipinski definition) is 6. The molecule has 0 aliphatic heterocycles. The third-order valence-corrected chi connectivity index (χ3v) is 6.13. The first-order valence-corrected chi connectivity index (χ1v) is 10.8. The maximum atomic E-state index is 13.3. The molecule has 2 heterocycles. The van der Waals surface area contributed by atoms with Gasteiger partial charge in [-0.05, 0) is 60.7 Å². The zero-order chi connectivity index (χ0) is 21.4. The van der Waals surface area contributed by atoms with E-state index in [-0.39, 0.29) is 5.91 Å². The molecule has 0 bridgehead atoms. The Kier molecular flexibility index (Phi) is 4.95. The number of carbonyl (C=O) groups is 1. The Labute approximate surface area is 183 Å². The highest BCUT2D eigenvalue weighted by Crippen LogP contribution is 2.38. The van der Waals surface area contributed by atoms with E-state index in [0.29, 0.717) is 10.7 Å². The maximum Gasteiger partial charge on any atom is 0.258 e. The Morgan fingerprint density at radius 2 is 1.90 bits per heavy atom. The molecule has 0 spiro atoms. The summed E-state index contributed by atoms with van der Waals surface area (Å²) in [6.07, 6.45) is 3.75. The van der Waals surface area contributed by atoms with Gasteiger partial charge < -0.3 is 4.74 Å². The highest BCUT2D eigenvalue weighted by atomic mass is 32.1. The van der Waals surface area contributed by atoms with Crippen LogP contribution in [0.3, 0.4) is 0 Å². The predicted octanol–water partition coefficient (Wildman–Crippen LogP) is 5.14. The average Bonchev–Trinajstić information content (AvgIpc) is 3.38. The molecule has 2 aromatic carbocycles. The minimum Gasteiger partial charge on any atom is -0.497 e. The topological polar surface area (TPSA) is 77.0 Å². The number of aromatic nitrogens is 3. The van der Waals surface area contributed by atoms with Gasteiger partial charge in [0.15, 0.2) is 0 Å². The van der Waals surface area contributed by atoms with Crippen molar-refractivity contribution in [3.05, 3.63) is 75.9 Å². The molecule has 31 heavy (non-hydrogen) atoms. The van der Waals surface area contributed by atoms with Crippen molar-refractivity contribution in [2.24, 2.45) is 0 Å². The monoisotopic (exact) mass is 428 g/mol. The van der Waals surface area contributed by atoms with Gasteiger partial charge in [-0.1, -0.05) is 41.7 Å². The number of para-hydroxylation sites is 1. The number of aryl methyl sites for hydroxylation is 1. The first-order valence-electron chi connectivity index (χ1n) is 10.0. The fraction of sp³-hybridized carbons (Fsp3) is 0.167. The molecule has 0 fully saturated rings. The molecule has 1 N–H and O–H groups in total. The molecule has 0 radical (unpaired) electrons. The normalized spacial score (nSPS) is 14.1. The lowest BCUT2D eigenvalue weighted by atomic mass is 10.00. The molecule has 1 aliphatic rings. The number of nitrogens with zero attached hydrogens (tertiary/aromatic N) is 3. The zero-order valence-corrected chi connectivity index (χ0v) is 18.0. The number of benzene rings is 2. The smallest absolute Gasteiger partial charge is 0.258 e. The van der Waals surface area contributed by atoms with Crippen LogP contribution in [-0.4, -0.2) is 28.2 Å². The number of hydrogen-bond donors (Lipinski definition) is 1. The van der Waals surface area contributed by atoms with Crippen molar-refractivity contribution in [2.75, 3.05) is 12.4 Å². The van der Waals surface area contributed by atoms with Crippen LogP contribution < -0.4 is 10.1 Å². The van der Waals surface area contributed by atoms with Crippen molar-refractivity contribution in [2.45, 2.75) is 19.8 Å². The van der Waals surface area contributed by atoms with Crippen molar-refractivity contribution < 1.29 is 9.53 Å². The summed E-state index contributed by atoms with van der Waals surface area (Å²) in [4.78, 5) is 18.2. The number of pyridine rings is 1. The Morgan fingerprint density at radius 1 is 1.10 bits per heavy atom. The molecule has 5 rings (SSSR count).